The Morgan fingerprint density at radius 2 is 1.55 bits per heavy atom. The molecule has 0 spiro atoms. The lowest BCUT2D eigenvalue weighted by Crippen LogP contribution is -2.42. The zero-order valence-electron chi connectivity index (χ0n) is 21.9. The zero-order chi connectivity index (χ0) is 27.1. The Balaban J connectivity index is 1.71. The molecule has 0 aliphatic heterocycles. The highest BCUT2D eigenvalue weighted by molar-refractivity contribution is 6.30. The fraction of sp³-hybridized carbons (Fsp3) is 0.242. The molecule has 1 heterocycles. The number of halogens is 1. The van der Waals surface area contributed by atoms with Crippen LogP contribution in [-0.4, -0.2) is 11.0 Å². The van der Waals surface area contributed by atoms with Crippen molar-refractivity contribution in [3.8, 4) is 23.3 Å². The molecule has 1 unspecified atom stereocenters. The van der Waals surface area contributed by atoms with Crippen molar-refractivity contribution in [3.05, 3.63) is 125 Å². The highest BCUT2D eigenvalue weighted by Gasteiger charge is 2.34. The van der Waals surface area contributed by atoms with Crippen LogP contribution in [0.15, 0.2) is 97.3 Å². The summed E-state index contributed by atoms with van der Waals surface area (Å²) in [6.07, 6.45) is 4.34. The van der Waals surface area contributed by atoms with E-state index >= 15 is 0 Å². The highest BCUT2D eigenvalue weighted by atomic mass is 35.5. The Bertz CT molecular complexity index is 1450. The quantitative estimate of drug-likeness (QED) is 0.244. The second-order valence-electron chi connectivity index (χ2n) is 10.3. The number of hydrogen-bond donors (Lipinski definition) is 1. The van der Waals surface area contributed by atoms with Gasteiger partial charge < -0.3 is 5.32 Å². The highest BCUT2D eigenvalue weighted by Crippen LogP contribution is 2.37. The Labute approximate surface area is 230 Å². The van der Waals surface area contributed by atoms with E-state index in [1.807, 2.05) is 74.5 Å². The van der Waals surface area contributed by atoms with Gasteiger partial charge in [0.05, 0.1) is 29.2 Å². The first-order chi connectivity index (χ1) is 18.3. The summed E-state index contributed by atoms with van der Waals surface area (Å²) in [5, 5.41) is 24.2. The fourth-order valence-electron chi connectivity index (χ4n) is 4.90. The summed E-state index contributed by atoms with van der Waals surface area (Å²) in [5.74, 6) is 0.0600. The molecule has 3 atom stereocenters. The molecule has 0 saturated carbocycles. The van der Waals surface area contributed by atoms with Crippen molar-refractivity contribution >= 4 is 11.6 Å². The van der Waals surface area contributed by atoms with Gasteiger partial charge in [-0.25, -0.2) is 0 Å². The first kappa shape index (κ1) is 27.1. The zero-order valence-corrected chi connectivity index (χ0v) is 22.7. The molecule has 5 heteroatoms. The second kappa shape index (κ2) is 12.1. The molecule has 1 N–H and O–H groups in total. The van der Waals surface area contributed by atoms with E-state index in [2.05, 4.69) is 53.6 Å². The van der Waals surface area contributed by atoms with Gasteiger partial charge in [-0.3, -0.25) is 4.98 Å². The lowest BCUT2D eigenvalue weighted by molar-refractivity contribution is 0.281. The molecule has 4 nitrogen and oxygen atoms in total. The molecule has 4 aromatic rings. The third kappa shape index (κ3) is 6.48. The van der Waals surface area contributed by atoms with Crippen molar-refractivity contribution in [1.82, 2.24) is 10.3 Å². The molecule has 0 fully saturated rings. The van der Waals surface area contributed by atoms with Gasteiger partial charge in [0.25, 0.3) is 0 Å². The predicted octanol–water partition coefficient (Wildman–Crippen LogP) is 7.87. The standard InChI is InChI=1S/C33H31ClN4/c1-23(31(19-24-10-12-30(34)13-11-24)28-8-4-6-25(18-28)21-35)38-32(33(2,3)22-36)29-9-5-7-27(20-29)26-14-16-37-17-15-26/h4-18,20,23,31-32,38H,19H2,1-3H3/t23-,31?,32-/m0/s1. The maximum absolute atomic E-state index is 10.2. The van der Waals surface area contributed by atoms with Crippen LogP contribution in [0.2, 0.25) is 5.02 Å². The van der Waals surface area contributed by atoms with Crippen LogP contribution < -0.4 is 5.32 Å². The molecule has 3 aromatic carbocycles. The van der Waals surface area contributed by atoms with Crippen molar-refractivity contribution in [3.63, 3.8) is 0 Å². The minimum absolute atomic E-state index is 0.0122. The third-order valence-electron chi connectivity index (χ3n) is 7.09. The van der Waals surface area contributed by atoms with Crippen LogP contribution in [0.25, 0.3) is 11.1 Å². The molecular weight excluding hydrogens is 488 g/mol. The molecule has 0 saturated heterocycles. The molecule has 0 aliphatic rings. The van der Waals surface area contributed by atoms with E-state index in [-0.39, 0.29) is 18.0 Å². The van der Waals surface area contributed by atoms with Crippen LogP contribution >= 0.6 is 11.6 Å². The third-order valence-corrected chi connectivity index (χ3v) is 7.34. The van der Waals surface area contributed by atoms with Crippen molar-refractivity contribution in [1.29, 1.82) is 10.5 Å². The SMILES string of the molecule is C[C@H](N[C@@H](c1cccc(-c2ccncc2)c1)C(C)(C)C#N)C(Cc1ccc(Cl)cc1)c1cccc(C#N)c1. The number of aromatic nitrogens is 1. The van der Waals surface area contributed by atoms with Crippen LogP contribution in [0.4, 0.5) is 0 Å². The molecule has 4 rings (SSSR count). The van der Waals surface area contributed by atoms with Crippen LogP contribution in [0, 0.1) is 28.1 Å². The molecular formula is C33H31ClN4. The van der Waals surface area contributed by atoms with E-state index in [4.69, 9.17) is 11.6 Å². The van der Waals surface area contributed by atoms with Crippen molar-refractivity contribution in [2.75, 3.05) is 0 Å². The van der Waals surface area contributed by atoms with Crippen LogP contribution in [0.5, 0.6) is 0 Å². The molecule has 0 radical (unpaired) electrons. The summed E-state index contributed by atoms with van der Waals surface area (Å²) < 4.78 is 0. The molecule has 0 bridgehead atoms. The predicted molar refractivity (Wildman–Crippen MR) is 153 cm³/mol. The van der Waals surface area contributed by atoms with Crippen LogP contribution in [0.1, 0.15) is 55.0 Å². The Kier molecular flexibility index (Phi) is 8.59. The second-order valence-corrected chi connectivity index (χ2v) is 10.7. The van der Waals surface area contributed by atoms with Gasteiger partial charge >= 0.3 is 0 Å². The average Bonchev–Trinajstić information content (AvgIpc) is 2.96. The summed E-state index contributed by atoms with van der Waals surface area (Å²) in [6, 6.07) is 32.6. The fourth-order valence-corrected chi connectivity index (χ4v) is 5.03. The van der Waals surface area contributed by atoms with E-state index in [9.17, 15) is 10.5 Å². The summed E-state index contributed by atoms with van der Waals surface area (Å²) >= 11 is 6.14. The molecule has 38 heavy (non-hydrogen) atoms. The average molecular weight is 519 g/mol. The molecule has 190 valence electrons. The van der Waals surface area contributed by atoms with E-state index in [0.29, 0.717) is 10.6 Å². The Morgan fingerprint density at radius 1 is 0.868 bits per heavy atom. The number of benzene rings is 3. The number of rotatable bonds is 9. The van der Waals surface area contributed by atoms with Gasteiger partial charge in [0, 0.05) is 29.4 Å². The maximum Gasteiger partial charge on any atom is 0.0991 e. The normalized spacial score (nSPS) is 13.6. The van der Waals surface area contributed by atoms with Gasteiger partial charge in [0.2, 0.25) is 0 Å². The van der Waals surface area contributed by atoms with Crippen LogP contribution in [-0.2, 0) is 6.42 Å². The van der Waals surface area contributed by atoms with E-state index in [1.54, 1.807) is 12.4 Å². The van der Waals surface area contributed by atoms with E-state index < -0.39 is 5.41 Å². The lowest BCUT2D eigenvalue weighted by Gasteiger charge is -2.36. The largest absolute Gasteiger partial charge is 0.305 e. The van der Waals surface area contributed by atoms with Gasteiger partial charge in [-0.2, -0.15) is 10.5 Å². The first-order valence-electron chi connectivity index (χ1n) is 12.7. The molecule has 1 aromatic heterocycles. The number of nitrogens with one attached hydrogen (secondary N) is 1. The van der Waals surface area contributed by atoms with Crippen LogP contribution in [0.3, 0.4) is 0 Å². The Hall–Kier alpha value is -3.96. The number of pyridine rings is 1. The first-order valence-corrected chi connectivity index (χ1v) is 13.1. The van der Waals surface area contributed by atoms with E-state index in [1.165, 1.54) is 0 Å². The summed E-state index contributed by atoms with van der Waals surface area (Å²) in [4.78, 5) is 4.14. The van der Waals surface area contributed by atoms with Crippen molar-refractivity contribution in [2.24, 2.45) is 5.41 Å². The van der Waals surface area contributed by atoms with Crippen molar-refractivity contribution < 1.29 is 0 Å². The monoisotopic (exact) mass is 518 g/mol. The summed E-state index contributed by atoms with van der Waals surface area (Å²) in [7, 11) is 0. The number of nitriles is 2. The topological polar surface area (TPSA) is 72.5 Å². The maximum atomic E-state index is 10.2. The number of nitrogens with zero attached hydrogens (tertiary/aromatic N) is 3. The van der Waals surface area contributed by atoms with Gasteiger partial charge in [0.15, 0.2) is 0 Å². The Morgan fingerprint density at radius 3 is 2.24 bits per heavy atom. The lowest BCUT2D eigenvalue weighted by atomic mass is 9.79. The van der Waals surface area contributed by atoms with E-state index in [0.717, 1.165) is 34.2 Å². The summed E-state index contributed by atoms with van der Waals surface area (Å²) in [6.45, 7) is 6.11. The van der Waals surface area contributed by atoms with Gasteiger partial charge in [-0.1, -0.05) is 54.1 Å². The molecule has 0 amide bonds. The summed E-state index contributed by atoms with van der Waals surface area (Å²) in [5.41, 5.74) is 5.41. The van der Waals surface area contributed by atoms with Gasteiger partial charge in [0.1, 0.15) is 0 Å². The van der Waals surface area contributed by atoms with Crippen molar-refractivity contribution in [2.45, 2.75) is 45.2 Å². The van der Waals surface area contributed by atoms with Gasteiger partial charge in [-0.05, 0) is 97.5 Å². The molecule has 0 aliphatic carbocycles. The number of hydrogen-bond acceptors (Lipinski definition) is 4. The minimum Gasteiger partial charge on any atom is -0.305 e. The smallest absolute Gasteiger partial charge is 0.0991 e. The van der Waals surface area contributed by atoms with Gasteiger partial charge in [-0.15, -0.1) is 0 Å². The minimum atomic E-state index is -0.676.